The Morgan fingerprint density at radius 2 is 2.17 bits per heavy atom. The molecule has 1 aromatic heterocycles. The third-order valence-electron chi connectivity index (χ3n) is 2.55. The molecule has 2 N–H and O–H groups in total. The van der Waals surface area contributed by atoms with Crippen LogP contribution in [0.4, 0.5) is 5.82 Å². The van der Waals surface area contributed by atoms with Gasteiger partial charge in [-0.1, -0.05) is 17.7 Å². The Morgan fingerprint density at radius 1 is 1.39 bits per heavy atom. The number of hydrogen-bond acceptors (Lipinski definition) is 4. The maximum absolute atomic E-state index is 9.10. The summed E-state index contributed by atoms with van der Waals surface area (Å²) in [5, 5.41) is 9.58. The van der Waals surface area contributed by atoms with Gasteiger partial charge in [0.2, 0.25) is 0 Å². The predicted molar refractivity (Wildman–Crippen MR) is 70.4 cm³/mol. The largest absolute Gasteiger partial charge is 0.495 e. The molecule has 1 heterocycles. The van der Waals surface area contributed by atoms with Crippen molar-refractivity contribution in [3.05, 3.63) is 41.0 Å². The number of ether oxygens (including phenoxy) is 1. The highest BCUT2D eigenvalue weighted by atomic mass is 35.5. The van der Waals surface area contributed by atoms with Gasteiger partial charge in [0.1, 0.15) is 23.2 Å². The number of halogens is 1. The van der Waals surface area contributed by atoms with Crippen molar-refractivity contribution in [2.24, 2.45) is 0 Å². The zero-order valence-electron chi connectivity index (χ0n) is 9.64. The second-order valence-electron chi connectivity index (χ2n) is 3.58. The molecule has 0 saturated carbocycles. The zero-order valence-corrected chi connectivity index (χ0v) is 10.4. The molecular formula is C13H10ClN3O. The molecule has 0 amide bonds. The van der Waals surface area contributed by atoms with Crippen LogP contribution in [-0.4, -0.2) is 12.1 Å². The molecule has 0 bridgehead atoms. The van der Waals surface area contributed by atoms with Crippen molar-refractivity contribution in [1.29, 1.82) is 5.26 Å². The van der Waals surface area contributed by atoms with Crippen molar-refractivity contribution in [3.8, 4) is 22.9 Å². The van der Waals surface area contributed by atoms with Crippen molar-refractivity contribution in [2.75, 3.05) is 12.8 Å². The number of nitrogens with zero attached hydrogens (tertiary/aromatic N) is 2. The van der Waals surface area contributed by atoms with E-state index in [1.54, 1.807) is 31.5 Å². The highest BCUT2D eigenvalue weighted by molar-refractivity contribution is 6.32. The minimum atomic E-state index is 0.210. The Labute approximate surface area is 110 Å². The Morgan fingerprint density at radius 3 is 2.78 bits per heavy atom. The molecule has 2 rings (SSSR count). The molecule has 0 atom stereocenters. The third-order valence-corrected chi connectivity index (χ3v) is 2.85. The van der Waals surface area contributed by atoms with E-state index in [1.165, 1.54) is 0 Å². The van der Waals surface area contributed by atoms with Gasteiger partial charge < -0.3 is 10.5 Å². The van der Waals surface area contributed by atoms with Crippen LogP contribution in [0, 0.1) is 11.3 Å². The number of pyridine rings is 1. The summed E-state index contributed by atoms with van der Waals surface area (Å²) in [7, 11) is 1.55. The van der Waals surface area contributed by atoms with Gasteiger partial charge in [-0.2, -0.15) is 5.26 Å². The number of anilines is 1. The number of aromatic nitrogens is 1. The van der Waals surface area contributed by atoms with E-state index in [2.05, 4.69) is 4.98 Å². The summed E-state index contributed by atoms with van der Waals surface area (Å²) in [5.74, 6) is 0.794. The molecule has 0 unspecified atom stereocenters. The number of rotatable bonds is 2. The normalized spacial score (nSPS) is 9.83. The third kappa shape index (κ3) is 2.08. The number of hydrogen-bond donors (Lipinski definition) is 1. The summed E-state index contributed by atoms with van der Waals surface area (Å²) in [4.78, 5) is 3.89. The van der Waals surface area contributed by atoms with Crippen LogP contribution in [0.1, 0.15) is 5.56 Å². The van der Waals surface area contributed by atoms with Gasteiger partial charge in [0, 0.05) is 11.8 Å². The molecule has 0 saturated heterocycles. The summed E-state index contributed by atoms with van der Waals surface area (Å²) in [6, 6.07) is 9.08. The van der Waals surface area contributed by atoms with Crippen LogP contribution in [0.3, 0.4) is 0 Å². The van der Waals surface area contributed by atoms with Crippen LogP contribution < -0.4 is 10.5 Å². The fourth-order valence-electron chi connectivity index (χ4n) is 1.67. The van der Waals surface area contributed by atoms with Gasteiger partial charge in [0.05, 0.1) is 12.1 Å². The van der Waals surface area contributed by atoms with Crippen molar-refractivity contribution in [2.45, 2.75) is 0 Å². The fraction of sp³-hybridized carbons (Fsp3) is 0.0769. The number of benzene rings is 1. The maximum atomic E-state index is 9.10. The first-order chi connectivity index (χ1) is 8.67. The highest BCUT2D eigenvalue weighted by Gasteiger charge is 2.10. The first-order valence-corrected chi connectivity index (χ1v) is 5.53. The summed E-state index contributed by atoms with van der Waals surface area (Å²) in [6.07, 6.45) is 1.56. The van der Waals surface area contributed by atoms with E-state index in [9.17, 15) is 0 Å². The average Bonchev–Trinajstić information content (AvgIpc) is 2.38. The van der Waals surface area contributed by atoms with Gasteiger partial charge >= 0.3 is 0 Å². The highest BCUT2D eigenvalue weighted by Crippen LogP contribution is 2.32. The monoisotopic (exact) mass is 259 g/mol. The van der Waals surface area contributed by atoms with E-state index in [0.29, 0.717) is 21.9 Å². The quantitative estimate of drug-likeness (QED) is 0.900. The molecule has 0 aliphatic carbocycles. The molecule has 1 aromatic carbocycles. The van der Waals surface area contributed by atoms with Gasteiger partial charge in [-0.05, 0) is 23.8 Å². The Kier molecular flexibility index (Phi) is 3.35. The lowest BCUT2D eigenvalue weighted by molar-refractivity contribution is 0.415. The lowest BCUT2D eigenvalue weighted by Crippen LogP contribution is -1.96. The molecule has 2 aromatic rings. The van der Waals surface area contributed by atoms with Crippen LogP contribution in [0.5, 0.6) is 5.75 Å². The van der Waals surface area contributed by atoms with E-state index < -0.39 is 0 Å². The van der Waals surface area contributed by atoms with Crippen LogP contribution >= 0.6 is 11.6 Å². The van der Waals surface area contributed by atoms with Crippen molar-refractivity contribution >= 4 is 17.4 Å². The smallest absolute Gasteiger partial charge is 0.141 e. The van der Waals surface area contributed by atoms with E-state index in [1.807, 2.05) is 12.1 Å². The molecule has 18 heavy (non-hydrogen) atoms. The van der Waals surface area contributed by atoms with E-state index in [-0.39, 0.29) is 5.82 Å². The molecule has 0 radical (unpaired) electrons. The van der Waals surface area contributed by atoms with Crippen molar-refractivity contribution in [3.63, 3.8) is 0 Å². The fourth-order valence-corrected chi connectivity index (χ4v) is 1.93. The second kappa shape index (κ2) is 4.94. The molecule has 90 valence electrons. The minimum Gasteiger partial charge on any atom is -0.495 e. The van der Waals surface area contributed by atoms with Gasteiger partial charge in [-0.3, -0.25) is 0 Å². The molecule has 0 fully saturated rings. The summed E-state index contributed by atoms with van der Waals surface area (Å²) in [6.45, 7) is 0. The van der Waals surface area contributed by atoms with Crippen LogP contribution in [0.25, 0.3) is 11.1 Å². The van der Waals surface area contributed by atoms with Crippen molar-refractivity contribution < 1.29 is 4.74 Å². The van der Waals surface area contributed by atoms with Gasteiger partial charge in [-0.25, -0.2) is 4.98 Å². The lowest BCUT2D eigenvalue weighted by Gasteiger charge is -2.08. The Bertz CT molecular complexity index is 635. The first-order valence-electron chi connectivity index (χ1n) is 5.16. The standard InChI is InChI=1S/C13H10ClN3O/c1-18-12-3-2-8(6-11(12)14)9-4-5-17-13(16)10(9)7-15/h2-6H,1H3,(H2,16,17). The molecule has 0 spiro atoms. The Balaban J connectivity index is 2.60. The van der Waals surface area contributed by atoms with E-state index >= 15 is 0 Å². The summed E-state index contributed by atoms with van der Waals surface area (Å²) in [5.41, 5.74) is 7.52. The molecule has 0 aliphatic heterocycles. The van der Waals surface area contributed by atoms with Gasteiger partial charge in [0.25, 0.3) is 0 Å². The zero-order chi connectivity index (χ0) is 13.1. The van der Waals surface area contributed by atoms with E-state index in [4.69, 9.17) is 27.3 Å². The first kappa shape index (κ1) is 12.2. The van der Waals surface area contributed by atoms with Crippen LogP contribution in [-0.2, 0) is 0 Å². The summed E-state index contributed by atoms with van der Waals surface area (Å²) < 4.78 is 5.08. The minimum absolute atomic E-state index is 0.210. The van der Waals surface area contributed by atoms with Gasteiger partial charge in [-0.15, -0.1) is 0 Å². The van der Waals surface area contributed by atoms with Crippen LogP contribution in [0.2, 0.25) is 5.02 Å². The Hall–Kier alpha value is -2.25. The van der Waals surface area contributed by atoms with Crippen molar-refractivity contribution in [1.82, 2.24) is 4.98 Å². The molecule has 4 nitrogen and oxygen atoms in total. The van der Waals surface area contributed by atoms with Crippen LogP contribution in [0.15, 0.2) is 30.5 Å². The molecule has 0 aliphatic rings. The second-order valence-corrected chi connectivity index (χ2v) is 3.99. The average molecular weight is 260 g/mol. The number of nitrogen functional groups attached to an aromatic ring is 1. The van der Waals surface area contributed by atoms with E-state index in [0.717, 1.165) is 5.56 Å². The number of methoxy groups -OCH3 is 1. The molecule has 5 heteroatoms. The maximum Gasteiger partial charge on any atom is 0.141 e. The summed E-state index contributed by atoms with van der Waals surface area (Å²) >= 11 is 6.06. The lowest BCUT2D eigenvalue weighted by atomic mass is 10.0. The van der Waals surface area contributed by atoms with Gasteiger partial charge in [0.15, 0.2) is 0 Å². The number of nitrogens with two attached hydrogens (primary N) is 1. The predicted octanol–water partition coefficient (Wildman–Crippen LogP) is 2.86. The topological polar surface area (TPSA) is 71.9 Å². The molecular weight excluding hydrogens is 250 g/mol. The SMILES string of the molecule is COc1ccc(-c2ccnc(N)c2C#N)cc1Cl. The number of nitriles is 1.